The zero-order valence-electron chi connectivity index (χ0n) is 12.9. The van der Waals surface area contributed by atoms with Crippen LogP contribution in [0.2, 0.25) is 0 Å². The Morgan fingerprint density at radius 2 is 2.00 bits per heavy atom. The summed E-state index contributed by atoms with van der Waals surface area (Å²) in [5, 5.41) is 0. The molecule has 0 aromatic rings. The maximum Gasteiger partial charge on any atom is 0.0674 e. The van der Waals surface area contributed by atoms with Crippen LogP contribution in [0, 0.1) is 29.6 Å². The molecule has 3 rings (SSSR count). The zero-order chi connectivity index (χ0) is 13.6. The van der Waals surface area contributed by atoms with Crippen molar-refractivity contribution >= 4 is 0 Å². The second-order valence-corrected chi connectivity index (χ2v) is 7.20. The number of fused-ring (bicyclic) bond motifs is 2. The van der Waals surface area contributed by atoms with Crippen LogP contribution in [0.25, 0.3) is 0 Å². The Morgan fingerprint density at radius 1 is 1.21 bits per heavy atom. The second-order valence-electron chi connectivity index (χ2n) is 7.20. The summed E-state index contributed by atoms with van der Waals surface area (Å²) in [5.74, 6) is 3.65. The SMILES string of the molecule is CC1=CC[C@H]([C@H]2OC[C@H]3[C@H](C)[C@@H]2C(C)=C[C@@H]3C)CC1. The molecule has 0 aromatic heterocycles. The van der Waals surface area contributed by atoms with E-state index in [-0.39, 0.29) is 0 Å². The summed E-state index contributed by atoms with van der Waals surface area (Å²) in [4.78, 5) is 0. The third-order valence-corrected chi connectivity index (χ3v) is 5.95. The molecule has 6 atom stereocenters. The number of hydrogen-bond donors (Lipinski definition) is 0. The molecule has 0 N–H and O–H groups in total. The molecule has 106 valence electrons. The molecule has 1 heteroatoms. The Hall–Kier alpha value is -0.560. The lowest BCUT2D eigenvalue weighted by molar-refractivity contribution is -0.117. The summed E-state index contributed by atoms with van der Waals surface area (Å²) in [5.41, 5.74) is 3.16. The van der Waals surface area contributed by atoms with Gasteiger partial charge in [0.25, 0.3) is 0 Å². The van der Waals surface area contributed by atoms with Gasteiger partial charge in [-0.1, -0.05) is 37.1 Å². The van der Waals surface area contributed by atoms with Crippen molar-refractivity contribution in [2.24, 2.45) is 29.6 Å². The van der Waals surface area contributed by atoms with Gasteiger partial charge in [0.1, 0.15) is 0 Å². The smallest absolute Gasteiger partial charge is 0.0674 e. The summed E-state index contributed by atoms with van der Waals surface area (Å²) in [6.07, 6.45) is 9.26. The van der Waals surface area contributed by atoms with E-state index in [0.717, 1.165) is 24.4 Å². The first-order valence-electron chi connectivity index (χ1n) is 8.03. The highest BCUT2D eigenvalue weighted by Gasteiger charge is 2.45. The molecule has 0 aromatic carbocycles. The second kappa shape index (κ2) is 5.09. The van der Waals surface area contributed by atoms with Crippen molar-refractivity contribution in [1.82, 2.24) is 0 Å². The van der Waals surface area contributed by atoms with Crippen LogP contribution in [-0.2, 0) is 4.74 Å². The summed E-state index contributed by atoms with van der Waals surface area (Å²) < 4.78 is 6.36. The molecule has 1 nitrogen and oxygen atoms in total. The van der Waals surface area contributed by atoms with Crippen molar-refractivity contribution in [2.75, 3.05) is 6.61 Å². The van der Waals surface area contributed by atoms with Crippen LogP contribution in [0.5, 0.6) is 0 Å². The summed E-state index contributed by atoms with van der Waals surface area (Å²) in [7, 11) is 0. The minimum absolute atomic E-state index is 0.472. The van der Waals surface area contributed by atoms with Gasteiger partial charge in [0.05, 0.1) is 12.7 Å². The molecule has 0 amide bonds. The Kier molecular flexibility index (Phi) is 3.59. The molecule has 0 radical (unpaired) electrons. The molecule has 3 aliphatic rings. The third-order valence-electron chi connectivity index (χ3n) is 5.95. The predicted molar refractivity (Wildman–Crippen MR) is 79.9 cm³/mol. The molecule has 0 saturated carbocycles. The van der Waals surface area contributed by atoms with Crippen LogP contribution in [0.3, 0.4) is 0 Å². The molecule has 1 heterocycles. The van der Waals surface area contributed by atoms with Gasteiger partial charge in [0, 0.05) is 5.92 Å². The van der Waals surface area contributed by atoms with Crippen LogP contribution >= 0.6 is 0 Å². The monoisotopic (exact) mass is 260 g/mol. The van der Waals surface area contributed by atoms with E-state index < -0.39 is 0 Å². The lowest BCUT2D eigenvalue weighted by Gasteiger charge is -2.50. The standard InChI is InChI=1S/C18H28O/c1-11-5-7-15(8-6-11)18-17-13(3)9-12(2)16(10-19-18)14(17)4/h5,9,12,14-18H,6-8,10H2,1-4H3/t12-,14-,15-,16+,17-,18+/m0/s1. The molecule has 0 unspecified atom stereocenters. The number of rotatable bonds is 1. The molecule has 1 aliphatic heterocycles. The molecule has 2 bridgehead atoms. The fraction of sp³-hybridized carbons (Fsp3) is 0.778. The van der Waals surface area contributed by atoms with E-state index in [4.69, 9.17) is 4.74 Å². The van der Waals surface area contributed by atoms with Crippen molar-refractivity contribution in [3.8, 4) is 0 Å². The highest BCUT2D eigenvalue weighted by Crippen LogP contribution is 2.47. The first kappa shape index (κ1) is 13.4. The van der Waals surface area contributed by atoms with Crippen LogP contribution in [0.4, 0.5) is 0 Å². The minimum atomic E-state index is 0.472. The van der Waals surface area contributed by atoms with Crippen molar-refractivity contribution in [3.05, 3.63) is 23.3 Å². The van der Waals surface area contributed by atoms with Gasteiger partial charge in [0.2, 0.25) is 0 Å². The fourth-order valence-electron chi connectivity index (χ4n) is 4.71. The van der Waals surface area contributed by atoms with Crippen molar-refractivity contribution in [1.29, 1.82) is 0 Å². The highest BCUT2D eigenvalue weighted by molar-refractivity contribution is 5.18. The van der Waals surface area contributed by atoms with Gasteiger partial charge in [0.15, 0.2) is 0 Å². The van der Waals surface area contributed by atoms with Crippen LogP contribution in [-0.4, -0.2) is 12.7 Å². The Balaban J connectivity index is 1.82. The third kappa shape index (κ3) is 2.31. The Morgan fingerprint density at radius 3 is 2.68 bits per heavy atom. The van der Waals surface area contributed by atoms with E-state index in [1.54, 1.807) is 11.1 Å². The fourth-order valence-corrected chi connectivity index (χ4v) is 4.71. The Labute approximate surface area is 118 Å². The Bertz CT molecular complexity index is 406. The summed E-state index contributed by atoms with van der Waals surface area (Å²) in [6.45, 7) is 10.4. The van der Waals surface area contributed by atoms with E-state index in [0.29, 0.717) is 17.9 Å². The van der Waals surface area contributed by atoms with E-state index in [1.165, 1.54) is 19.3 Å². The van der Waals surface area contributed by atoms with Gasteiger partial charge in [-0.2, -0.15) is 0 Å². The van der Waals surface area contributed by atoms with Crippen molar-refractivity contribution in [2.45, 2.75) is 53.1 Å². The normalized spacial score (nSPS) is 46.5. The minimum Gasteiger partial charge on any atom is -0.377 e. The maximum absolute atomic E-state index is 6.36. The number of hydrogen-bond acceptors (Lipinski definition) is 1. The van der Waals surface area contributed by atoms with Gasteiger partial charge >= 0.3 is 0 Å². The topological polar surface area (TPSA) is 9.23 Å². The number of allylic oxidation sites excluding steroid dienone is 3. The van der Waals surface area contributed by atoms with E-state index in [2.05, 4.69) is 39.8 Å². The zero-order valence-corrected chi connectivity index (χ0v) is 12.9. The average molecular weight is 260 g/mol. The van der Waals surface area contributed by atoms with E-state index in [9.17, 15) is 0 Å². The quantitative estimate of drug-likeness (QED) is 0.626. The van der Waals surface area contributed by atoms with Crippen LogP contribution in [0.1, 0.15) is 47.0 Å². The van der Waals surface area contributed by atoms with Gasteiger partial charge in [-0.25, -0.2) is 0 Å². The highest BCUT2D eigenvalue weighted by atomic mass is 16.5. The molecular formula is C18H28O. The lowest BCUT2D eigenvalue weighted by Crippen LogP contribution is -2.49. The lowest BCUT2D eigenvalue weighted by atomic mass is 9.63. The van der Waals surface area contributed by atoms with Crippen molar-refractivity contribution in [3.63, 3.8) is 0 Å². The predicted octanol–water partition coefficient (Wildman–Crippen LogP) is 4.60. The van der Waals surface area contributed by atoms with Gasteiger partial charge < -0.3 is 4.74 Å². The van der Waals surface area contributed by atoms with E-state index >= 15 is 0 Å². The van der Waals surface area contributed by atoms with Crippen LogP contribution < -0.4 is 0 Å². The molecule has 19 heavy (non-hydrogen) atoms. The van der Waals surface area contributed by atoms with Gasteiger partial charge in [-0.15, -0.1) is 0 Å². The molecular weight excluding hydrogens is 232 g/mol. The molecule has 0 spiro atoms. The van der Waals surface area contributed by atoms with E-state index in [1.807, 2.05) is 0 Å². The largest absolute Gasteiger partial charge is 0.377 e. The van der Waals surface area contributed by atoms with Gasteiger partial charge in [-0.3, -0.25) is 0 Å². The number of ether oxygens (including phenoxy) is 1. The first-order chi connectivity index (χ1) is 9.08. The average Bonchev–Trinajstić information content (AvgIpc) is 2.37. The maximum atomic E-state index is 6.36. The first-order valence-corrected chi connectivity index (χ1v) is 8.03. The molecule has 1 saturated heterocycles. The van der Waals surface area contributed by atoms with Gasteiger partial charge in [-0.05, 0) is 56.8 Å². The molecule has 2 aliphatic carbocycles. The summed E-state index contributed by atoms with van der Waals surface area (Å²) in [6, 6.07) is 0. The van der Waals surface area contributed by atoms with Crippen LogP contribution in [0.15, 0.2) is 23.3 Å². The van der Waals surface area contributed by atoms with Crippen molar-refractivity contribution < 1.29 is 4.74 Å². The summed E-state index contributed by atoms with van der Waals surface area (Å²) >= 11 is 0. The molecule has 1 fully saturated rings.